The minimum Gasteiger partial charge on any atom is -0.444 e. The van der Waals surface area contributed by atoms with Gasteiger partial charge in [0.15, 0.2) is 0 Å². The molecule has 2 fully saturated rings. The molecule has 2 aliphatic heterocycles. The van der Waals surface area contributed by atoms with Crippen LogP contribution in [0.25, 0.3) is 0 Å². The Morgan fingerprint density at radius 2 is 1.67 bits per heavy atom. The Balaban J connectivity index is 1.54. The fourth-order valence-electron chi connectivity index (χ4n) is 4.69. The summed E-state index contributed by atoms with van der Waals surface area (Å²) in [7, 11) is 0. The lowest BCUT2D eigenvalue weighted by Crippen LogP contribution is -2.56. The zero-order valence-electron chi connectivity index (χ0n) is 20.2. The fraction of sp³-hybridized carbons (Fsp3) is 0.519. The molecule has 4 rings (SSSR count). The van der Waals surface area contributed by atoms with Crippen molar-refractivity contribution in [3.63, 3.8) is 0 Å². The van der Waals surface area contributed by atoms with E-state index in [1.54, 1.807) is 0 Å². The number of anilines is 1. The quantitative estimate of drug-likeness (QED) is 0.682. The van der Waals surface area contributed by atoms with Crippen LogP contribution in [0.1, 0.15) is 31.9 Å². The van der Waals surface area contributed by atoms with Gasteiger partial charge in [0.05, 0.1) is 19.3 Å². The number of carbonyl (C=O) groups excluding carboxylic acids is 1. The van der Waals surface area contributed by atoms with Crippen molar-refractivity contribution in [1.82, 2.24) is 9.80 Å². The van der Waals surface area contributed by atoms with Crippen molar-refractivity contribution >= 4 is 11.8 Å². The summed E-state index contributed by atoms with van der Waals surface area (Å²) in [6.07, 6.45) is 0.591. The maximum absolute atomic E-state index is 13.1. The number of nitrogens with zero attached hydrogens (tertiary/aromatic N) is 3. The molecule has 1 amide bonds. The normalized spacial score (nSPS) is 20.0. The molecule has 2 aliphatic rings. The van der Waals surface area contributed by atoms with Gasteiger partial charge in [0, 0.05) is 45.0 Å². The van der Waals surface area contributed by atoms with Crippen molar-refractivity contribution in [3.8, 4) is 0 Å². The molecule has 0 aromatic heterocycles. The van der Waals surface area contributed by atoms with Gasteiger partial charge in [0.1, 0.15) is 5.60 Å². The summed E-state index contributed by atoms with van der Waals surface area (Å²) >= 11 is 0. The largest absolute Gasteiger partial charge is 0.444 e. The van der Waals surface area contributed by atoms with E-state index in [1.165, 1.54) is 16.8 Å². The van der Waals surface area contributed by atoms with Crippen molar-refractivity contribution in [2.24, 2.45) is 0 Å². The Morgan fingerprint density at radius 1 is 0.970 bits per heavy atom. The van der Waals surface area contributed by atoms with Crippen LogP contribution in [-0.4, -0.2) is 73.5 Å². The molecule has 0 radical (unpaired) electrons. The molecule has 0 spiro atoms. The van der Waals surface area contributed by atoms with Gasteiger partial charge in [-0.25, -0.2) is 4.79 Å². The van der Waals surface area contributed by atoms with E-state index < -0.39 is 5.60 Å². The van der Waals surface area contributed by atoms with Crippen LogP contribution in [-0.2, 0) is 22.4 Å². The summed E-state index contributed by atoms with van der Waals surface area (Å²) in [5.41, 5.74) is 3.33. The van der Waals surface area contributed by atoms with E-state index in [0.717, 1.165) is 52.4 Å². The lowest BCUT2D eigenvalue weighted by Gasteiger charge is -2.42. The molecule has 0 aliphatic carbocycles. The summed E-state index contributed by atoms with van der Waals surface area (Å²) in [6, 6.07) is 19.2. The molecule has 0 bridgehead atoms. The van der Waals surface area contributed by atoms with Crippen LogP contribution in [0.15, 0.2) is 54.6 Å². The molecule has 2 heterocycles. The Hall–Kier alpha value is -2.57. The van der Waals surface area contributed by atoms with Crippen LogP contribution in [0.5, 0.6) is 0 Å². The minimum atomic E-state index is -0.505. The molecule has 6 nitrogen and oxygen atoms in total. The van der Waals surface area contributed by atoms with Crippen molar-refractivity contribution in [2.45, 2.75) is 45.4 Å². The third-order valence-electron chi connectivity index (χ3n) is 6.24. The SMILES string of the molecule is CC(C)(C)OC(=O)N1CCN(Cc2ccccc2)C[C@H]1Cc1ccccc1N1CCOCC1. The van der Waals surface area contributed by atoms with Crippen molar-refractivity contribution in [3.05, 3.63) is 65.7 Å². The predicted octanol–water partition coefficient (Wildman–Crippen LogP) is 4.19. The average Bonchev–Trinajstić information content (AvgIpc) is 2.80. The van der Waals surface area contributed by atoms with E-state index >= 15 is 0 Å². The van der Waals surface area contributed by atoms with E-state index in [9.17, 15) is 4.79 Å². The van der Waals surface area contributed by atoms with Gasteiger partial charge in [-0.1, -0.05) is 48.5 Å². The minimum absolute atomic E-state index is 0.0551. The highest BCUT2D eigenvalue weighted by Gasteiger charge is 2.34. The molecule has 6 heteroatoms. The lowest BCUT2D eigenvalue weighted by atomic mass is 9.99. The number of benzene rings is 2. The second kappa shape index (κ2) is 10.6. The molecular weight excluding hydrogens is 414 g/mol. The van der Waals surface area contributed by atoms with Crippen LogP contribution in [0.3, 0.4) is 0 Å². The molecule has 0 saturated carbocycles. The number of piperazine rings is 1. The van der Waals surface area contributed by atoms with E-state index in [-0.39, 0.29) is 12.1 Å². The van der Waals surface area contributed by atoms with Crippen LogP contribution >= 0.6 is 0 Å². The van der Waals surface area contributed by atoms with Gasteiger partial charge < -0.3 is 19.3 Å². The summed E-state index contributed by atoms with van der Waals surface area (Å²) in [4.78, 5) is 19.9. The van der Waals surface area contributed by atoms with Crippen LogP contribution in [0.4, 0.5) is 10.5 Å². The summed E-state index contributed by atoms with van der Waals surface area (Å²) in [6.45, 7) is 12.3. The molecule has 2 saturated heterocycles. The first-order chi connectivity index (χ1) is 15.9. The average molecular weight is 452 g/mol. The van der Waals surface area contributed by atoms with Gasteiger partial charge in [-0.05, 0) is 44.4 Å². The maximum Gasteiger partial charge on any atom is 0.410 e. The van der Waals surface area contributed by atoms with E-state index in [2.05, 4.69) is 64.4 Å². The van der Waals surface area contributed by atoms with E-state index in [1.807, 2.05) is 25.7 Å². The third-order valence-corrected chi connectivity index (χ3v) is 6.24. The number of ether oxygens (including phenoxy) is 2. The molecule has 2 aromatic rings. The monoisotopic (exact) mass is 451 g/mol. The Kier molecular flexibility index (Phi) is 7.56. The van der Waals surface area contributed by atoms with Crippen molar-refractivity contribution < 1.29 is 14.3 Å². The smallest absolute Gasteiger partial charge is 0.410 e. The molecule has 1 atom stereocenters. The number of hydrogen-bond donors (Lipinski definition) is 0. The second-order valence-corrected chi connectivity index (χ2v) is 9.98. The number of para-hydroxylation sites is 1. The fourth-order valence-corrected chi connectivity index (χ4v) is 4.69. The van der Waals surface area contributed by atoms with Gasteiger partial charge in [-0.3, -0.25) is 4.90 Å². The number of carbonyl (C=O) groups is 1. The molecule has 33 heavy (non-hydrogen) atoms. The van der Waals surface area contributed by atoms with Crippen LogP contribution < -0.4 is 4.90 Å². The zero-order valence-corrected chi connectivity index (χ0v) is 20.2. The molecule has 0 unspecified atom stereocenters. The first-order valence-corrected chi connectivity index (χ1v) is 12.1. The molecule has 178 valence electrons. The third kappa shape index (κ3) is 6.49. The number of morpholine rings is 1. The highest BCUT2D eigenvalue weighted by molar-refractivity contribution is 5.69. The van der Waals surface area contributed by atoms with Crippen molar-refractivity contribution in [2.75, 3.05) is 50.8 Å². The number of rotatable bonds is 5. The molecule has 2 aromatic carbocycles. The number of hydrogen-bond acceptors (Lipinski definition) is 5. The standard InChI is InChI=1S/C27H37N3O3/c1-27(2,3)33-26(31)30-14-13-28(20-22-9-5-4-6-10-22)21-24(30)19-23-11-7-8-12-25(23)29-15-17-32-18-16-29/h4-12,24H,13-21H2,1-3H3/t24-/m1/s1. The highest BCUT2D eigenvalue weighted by atomic mass is 16.6. The Labute approximate surface area is 198 Å². The van der Waals surface area contributed by atoms with Gasteiger partial charge in [0.25, 0.3) is 0 Å². The Bertz CT molecular complexity index is 906. The van der Waals surface area contributed by atoms with E-state index in [4.69, 9.17) is 9.47 Å². The Morgan fingerprint density at radius 3 is 2.39 bits per heavy atom. The van der Waals surface area contributed by atoms with E-state index in [0.29, 0.717) is 6.54 Å². The van der Waals surface area contributed by atoms with Gasteiger partial charge in [-0.15, -0.1) is 0 Å². The summed E-state index contributed by atoms with van der Waals surface area (Å²) in [5.74, 6) is 0. The van der Waals surface area contributed by atoms with Gasteiger partial charge >= 0.3 is 6.09 Å². The zero-order chi connectivity index (χ0) is 23.3. The van der Waals surface area contributed by atoms with Crippen molar-refractivity contribution in [1.29, 1.82) is 0 Å². The molecular formula is C27H37N3O3. The lowest BCUT2D eigenvalue weighted by molar-refractivity contribution is -0.00232. The first kappa shape index (κ1) is 23.6. The highest BCUT2D eigenvalue weighted by Crippen LogP contribution is 2.26. The first-order valence-electron chi connectivity index (χ1n) is 12.1. The summed E-state index contributed by atoms with van der Waals surface area (Å²) in [5, 5.41) is 0. The topological polar surface area (TPSA) is 45.2 Å². The van der Waals surface area contributed by atoms with Crippen LogP contribution in [0.2, 0.25) is 0 Å². The maximum atomic E-state index is 13.1. The summed E-state index contributed by atoms with van der Waals surface area (Å²) < 4.78 is 11.3. The second-order valence-electron chi connectivity index (χ2n) is 9.98. The van der Waals surface area contributed by atoms with Gasteiger partial charge in [-0.2, -0.15) is 0 Å². The number of amides is 1. The predicted molar refractivity (Wildman–Crippen MR) is 132 cm³/mol. The van der Waals surface area contributed by atoms with Crippen LogP contribution in [0, 0.1) is 0 Å². The molecule has 0 N–H and O–H groups in total. The van der Waals surface area contributed by atoms with Gasteiger partial charge in [0.2, 0.25) is 0 Å².